The minimum Gasteiger partial charge on any atom is -0.506 e. The van der Waals surface area contributed by atoms with Crippen LogP contribution in [0.25, 0.3) is 6.08 Å². The maximum absolute atomic E-state index is 13.2. The molecular formula is C21H21FN2O3. The van der Waals surface area contributed by atoms with Gasteiger partial charge in [-0.05, 0) is 48.7 Å². The van der Waals surface area contributed by atoms with Crippen LogP contribution in [0.4, 0.5) is 10.1 Å². The van der Waals surface area contributed by atoms with Gasteiger partial charge in [-0.25, -0.2) is 4.39 Å². The summed E-state index contributed by atoms with van der Waals surface area (Å²) in [5.41, 5.74) is 1.01. The topological polar surface area (TPSA) is 69.6 Å². The number of carbonyl (C=O) groups is 2. The lowest BCUT2D eigenvalue weighted by Gasteiger charge is -2.30. The van der Waals surface area contributed by atoms with Gasteiger partial charge in [0.1, 0.15) is 11.6 Å². The highest BCUT2D eigenvalue weighted by Crippen LogP contribution is 2.25. The van der Waals surface area contributed by atoms with Crippen LogP contribution in [0.15, 0.2) is 54.6 Å². The van der Waals surface area contributed by atoms with Gasteiger partial charge in [-0.2, -0.15) is 0 Å². The minimum absolute atomic E-state index is 0.0287. The molecule has 6 heteroatoms. The van der Waals surface area contributed by atoms with E-state index in [1.807, 2.05) is 0 Å². The molecule has 0 saturated carbocycles. The van der Waals surface area contributed by atoms with E-state index < -0.39 is 0 Å². The number of hydrogen-bond donors (Lipinski definition) is 2. The molecule has 2 amide bonds. The van der Waals surface area contributed by atoms with Crippen LogP contribution in [-0.4, -0.2) is 34.9 Å². The maximum atomic E-state index is 13.2. The number of amides is 2. The van der Waals surface area contributed by atoms with Crippen LogP contribution in [0.1, 0.15) is 18.4 Å². The van der Waals surface area contributed by atoms with Crippen molar-refractivity contribution in [1.82, 2.24) is 4.90 Å². The Morgan fingerprint density at radius 3 is 2.56 bits per heavy atom. The lowest BCUT2D eigenvalue weighted by Crippen LogP contribution is -2.40. The number of carbonyl (C=O) groups excluding carboxylic acids is 2. The van der Waals surface area contributed by atoms with Crippen LogP contribution in [-0.2, 0) is 9.59 Å². The van der Waals surface area contributed by atoms with Crippen molar-refractivity contribution in [1.29, 1.82) is 0 Å². The van der Waals surface area contributed by atoms with E-state index in [1.165, 1.54) is 24.3 Å². The summed E-state index contributed by atoms with van der Waals surface area (Å²) in [4.78, 5) is 26.3. The maximum Gasteiger partial charge on any atom is 0.246 e. The highest BCUT2D eigenvalue weighted by molar-refractivity contribution is 5.95. The highest BCUT2D eigenvalue weighted by Gasteiger charge is 2.26. The van der Waals surface area contributed by atoms with E-state index in [2.05, 4.69) is 5.32 Å². The van der Waals surface area contributed by atoms with Gasteiger partial charge in [-0.15, -0.1) is 0 Å². The zero-order valence-corrected chi connectivity index (χ0v) is 14.8. The molecule has 5 nitrogen and oxygen atoms in total. The first-order chi connectivity index (χ1) is 13.0. The number of phenols is 1. The van der Waals surface area contributed by atoms with Crippen LogP contribution in [0, 0.1) is 11.7 Å². The van der Waals surface area contributed by atoms with Crippen molar-refractivity contribution in [2.24, 2.45) is 5.92 Å². The lowest BCUT2D eigenvalue weighted by molar-refractivity contribution is -0.130. The number of likely N-dealkylation sites (tertiary alicyclic amines) is 1. The molecule has 0 aliphatic carbocycles. The van der Waals surface area contributed by atoms with Gasteiger partial charge < -0.3 is 15.3 Å². The van der Waals surface area contributed by atoms with Crippen molar-refractivity contribution < 1.29 is 19.1 Å². The number of piperidine rings is 1. The molecule has 0 radical (unpaired) electrons. The van der Waals surface area contributed by atoms with Crippen molar-refractivity contribution in [3.63, 3.8) is 0 Å². The Hall–Kier alpha value is -3.15. The van der Waals surface area contributed by atoms with E-state index in [1.54, 1.807) is 41.3 Å². The number of nitrogens with one attached hydrogen (secondary N) is 1. The highest BCUT2D eigenvalue weighted by atomic mass is 19.1. The molecule has 27 heavy (non-hydrogen) atoms. The second kappa shape index (κ2) is 8.49. The van der Waals surface area contributed by atoms with Crippen LogP contribution in [0.3, 0.4) is 0 Å². The molecule has 140 valence electrons. The van der Waals surface area contributed by atoms with Crippen LogP contribution >= 0.6 is 0 Å². The van der Waals surface area contributed by atoms with Crippen molar-refractivity contribution in [2.75, 3.05) is 18.4 Å². The summed E-state index contributed by atoms with van der Waals surface area (Å²) in [5, 5.41) is 12.5. The monoisotopic (exact) mass is 368 g/mol. The molecule has 2 aromatic rings. The number of benzene rings is 2. The third-order valence-electron chi connectivity index (χ3n) is 4.61. The smallest absolute Gasteiger partial charge is 0.246 e. The molecular weight excluding hydrogens is 347 g/mol. The van der Waals surface area contributed by atoms with Crippen molar-refractivity contribution in [3.05, 3.63) is 66.0 Å². The second-order valence-corrected chi connectivity index (χ2v) is 6.49. The predicted octanol–water partition coefficient (Wildman–Crippen LogP) is 3.42. The molecule has 1 aliphatic rings. The Balaban J connectivity index is 1.51. The van der Waals surface area contributed by atoms with Gasteiger partial charge in [0.2, 0.25) is 11.8 Å². The van der Waals surface area contributed by atoms with Gasteiger partial charge in [0.15, 0.2) is 0 Å². The molecule has 0 spiro atoms. The molecule has 2 aromatic carbocycles. The molecule has 0 atom stereocenters. The first-order valence-electron chi connectivity index (χ1n) is 8.84. The minimum atomic E-state index is -0.346. The molecule has 1 saturated heterocycles. The third-order valence-corrected chi connectivity index (χ3v) is 4.61. The zero-order chi connectivity index (χ0) is 19.2. The van der Waals surface area contributed by atoms with E-state index in [4.69, 9.17) is 0 Å². The first-order valence-corrected chi connectivity index (χ1v) is 8.84. The number of halogens is 1. The number of nitrogens with zero attached hydrogens (tertiary/aromatic N) is 1. The van der Waals surface area contributed by atoms with Gasteiger partial charge in [-0.1, -0.05) is 24.3 Å². The SMILES string of the molecule is O=C(Nc1ccccc1O)C1CCN(C(=O)C=Cc2cccc(F)c2)CC1. The summed E-state index contributed by atoms with van der Waals surface area (Å²) in [6.07, 6.45) is 4.12. The number of para-hydroxylation sites is 2. The number of anilines is 1. The largest absolute Gasteiger partial charge is 0.506 e. The van der Waals surface area contributed by atoms with Gasteiger partial charge in [0.25, 0.3) is 0 Å². The quantitative estimate of drug-likeness (QED) is 0.642. The first kappa shape index (κ1) is 18.6. The van der Waals surface area contributed by atoms with E-state index in [9.17, 15) is 19.1 Å². The Morgan fingerprint density at radius 1 is 1.11 bits per heavy atom. The Bertz CT molecular complexity index is 858. The average molecular weight is 368 g/mol. The molecule has 1 heterocycles. The molecule has 3 rings (SSSR count). The molecule has 1 fully saturated rings. The van der Waals surface area contributed by atoms with Gasteiger partial charge in [0, 0.05) is 25.1 Å². The molecule has 1 aliphatic heterocycles. The number of rotatable bonds is 4. The Kier molecular flexibility index (Phi) is 5.86. The van der Waals surface area contributed by atoms with Crippen molar-refractivity contribution in [2.45, 2.75) is 12.8 Å². The summed E-state index contributed by atoms with van der Waals surface area (Å²) in [6.45, 7) is 0.955. The van der Waals surface area contributed by atoms with Crippen LogP contribution < -0.4 is 5.32 Å². The summed E-state index contributed by atoms with van der Waals surface area (Å²) >= 11 is 0. The summed E-state index contributed by atoms with van der Waals surface area (Å²) in [6, 6.07) is 12.6. The number of aromatic hydroxyl groups is 1. The number of hydrogen-bond acceptors (Lipinski definition) is 3. The Labute approximate surface area is 157 Å². The fraction of sp³-hybridized carbons (Fsp3) is 0.238. The molecule has 2 N–H and O–H groups in total. The normalized spacial score (nSPS) is 15.1. The standard InChI is InChI=1S/C21H21FN2O3/c22-17-5-3-4-15(14-17)8-9-20(26)24-12-10-16(11-13-24)21(27)23-18-6-1-2-7-19(18)25/h1-9,14,16,25H,10-13H2,(H,23,27). The van der Waals surface area contributed by atoms with E-state index in [0.717, 1.165) is 0 Å². The van der Waals surface area contributed by atoms with E-state index in [0.29, 0.717) is 37.2 Å². The fourth-order valence-electron chi connectivity index (χ4n) is 3.06. The molecule has 0 bridgehead atoms. The van der Waals surface area contributed by atoms with E-state index >= 15 is 0 Å². The zero-order valence-electron chi connectivity index (χ0n) is 14.8. The van der Waals surface area contributed by atoms with Crippen LogP contribution in [0.5, 0.6) is 5.75 Å². The second-order valence-electron chi connectivity index (χ2n) is 6.49. The summed E-state index contributed by atoms with van der Waals surface area (Å²) in [5.74, 6) is -0.833. The van der Waals surface area contributed by atoms with Gasteiger partial charge in [-0.3, -0.25) is 9.59 Å². The average Bonchev–Trinajstić information content (AvgIpc) is 2.68. The van der Waals surface area contributed by atoms with Crippen molar-refractivity contribution >= 4 is 23.6 Å². The Morgan fingerprint density at radius 2 is 1.85 bits per heavy atom. The molecule has 0 aromatic heterocycles. The summed E-state index contributed by atoms with van der Waals surface area (Å²) < 4.78 is 13.2. The third kappa shape index (κ3) is 4.94. The predicted molar refractivity (Wildman–Crippen MR) is 101 cm³/mol. The number of phenolic OH excluding ortho intramolecular Hbond substituents is 1. The van der Waals surface area contributed by atoms with Gasteiger partial charge in [0.05, 0.1) is 5.69 Å². The van der Waals surface area contributed by atoms with E-state index in [-0.39, 0.29) is 29.3 Å². The van der Waals surface area contributed by atoms with Crippen LogP contribution in [0.2, 0.25) is 0 Å². The van der Waals surface area contributed by atoms with Gasteiger partial charge >= 0.3 is 0 Å². The van der Waals surface area contributed by atoms with Crippen molar-refractivity contribution in [3.8, 4) is 5.75 Å². The summed E-state index contributed by atoms with van der Waals surface area (Å²) in [7, 11) is 0. The fourth-order valence-corrected chi connectivity index (χ4v) is 3.06. The molecule has 0 unspecified atom stereocenters. The lowest BCUT2D eigenvalue weighted by atomic mass is 9.95.